The zero-order chi connectivity index (χ0) is 24.5. The fraction of sp³-hybridized carbons (Fsp3) is 0.480. The minimum atomic E-state index is -4.36. The van der Waals surface area contributed by atoms with E-state index < -0.39 is 17.5 Å². The Bertz CT molecular complexity index is 1140. The van der Waals surface area contributed by atoms with Crippen molar-refractivity contribution in [2.45, 2.75) is 50.7 Å². The molecule has 1 aromatic carbocycles. The maximum Gasteiger partial charge on any atom is 0.395 e. The first-order valence-corrected chi connectivity index (χ1v) is 11.4. The molecule has 4 rings (SSSR count). The molecule has 2 N–H and O–H groups in total. The van der Waals surface area contributed by atoms with E-state index in [1.165, 1.54) is 12.4 Å². The number of aromatic amines is 1. The van der Waals surface area contributed by atoms with Crippen molar-refractivity contribution in [3.63, 3.8) is 0 Å². The van der Waals surface area contributed by atoms with Crippen LogP contribution >= 0.6 is 0 Å². The van der Waals surface area contributed by atoms with Crippen LogP contribution in [-0.4, -0.2) is 58.8 Å². The molecule has 9 heteroatoms. The number of carbonyl (C=O) groups is 1. The number of amides is 1. The molecule has 0 bridgehead atoms. The summed E-state index contributed by atoms with van der Waals surface area (Å²) in [6.07, 6.45) is 0.950. The van der Waals surface area contributed by atoms with Crippen LogP contribution in [0.5, 0.6) is 0 Å². The molecule has 0 radical (unpaired) electrons. The molecule has 1 amide bonds. The predicted molar refractivity (Wildman–Crippen MR) is 124 cm³/mol. The topological polar surface area (TPSA) is 73.9 Å². The number of aryl methyl sites for hydroxylation is 1. The molecule has 1 aliphatic carbocycles. The number of alkyl halides is 3. The maximum absolute atomic E-state index is 13.9. The summed E-state index contributed by atoms with van der Waals surface area (Å²) in [5.74, 6) is -1.32. The summed E-state index contributed by atoms with van der Waals surface area (Å²) in [5.41, 5.74) is 1.82. The molecule has 182 valence electrons. The van der Waals surface area contributed by atoms with Gasteiger partial charge in [-0.2, -0.15) is 18.3 Å². The molecule has 2 atom stereocenters. The number of aromatic nitrogens is 3. The highest BCUT2D eigenvalue weighted by molar-refractivity contribution is 5.82. The van der Waals surface area contributed by atoms with Crippen LogP contribution in [0.3, 0.4) is 0 Å². The van der Waals surface area contributed by atoms with Gasteiger partial charge in [0.15, 0.2) is 0 Å². The summed E-state index contributed by atoms with van der Waals surface area (Å²) in [6.45, 7) is 2.36. The van der Waals surface area contributed by atoms with Gasteiger partial charge in [0.25, 0.3) is 0 Å². The highest BCUT2D eigenvalue weighted by Gasteiger charge is 2.67. The molecular formula is C25H30F3N5O. The lowest BCUT2D eigenvalue weighted by Crippen LogP contribution is -2.42. The smallest absolute Gasteiger partial charge is 0.355 e. The number of hydrogen-bond acceptors (Lipinski definition) is 4. The second-order valence-electron chi connectivity index (χ2n) is 9.57. The molecule has 3 aromatic rings. The Labute approximate surface area is 196 Å². The highest BCUT2D eigenvalue weighted by atomic mass is 19.4. The lowest BCUT2D eigenvalue weighted by Gasteiger charge is -2.30. The third-order valence-corrected chi connectivity index (χ3v) is 7.04. The molecule has 6 nitrogen and oxygen atoms in total. The number of halogens is 3. The number of fused-ring (bicyclic) bond motifs is 1. The van der Waals surface area contributed by atoms with E-state index in [1.54, 1.807) is 18.3 Å². The zero-order valence-electron chi connectivity index (χ0n) is 19.6. The Balaban J connectivity index is 1.44. The number of nitrogens with zero attached hydrogens (tertiary/aromatic N) is 3. The van der Waals surface area contributed by atoms with E-state index in [9.17, 15) is 18.0 Å². The summed E-state index contributed by atoms with van der Waals surface area (Å²) in [7, 11) is 3.86. The van der Waals surface area contributed by atoms with Gasteiger partial charge in [0, 0.05) is 42.7 Å². The fourth-order valence-electron chi connectivity index (χ4n) is 4.81. The number of rotatable bonds is 9. The summed E-state index contributed by atoms with van der Waals surface area (Å²) in [5, 5.41) is 11.0. The zero-order valence-corrected chi connectivity index (χ0v) is 19.6. The second-order valence-corrected chi connectivity index (χ2v) is 9.57. The molecular weight excluding hydrogens is 443 g/mol. The van der Waals surface area contributed by atoms with Crippen molar-refractivity contribution in [1.29, 1.82) is 0 Å². The van der Waals surface area contributed by atoms with Crippen LogP contribution in [0.1, 0.15) is 41.9 Å². The molecule has 1 saturated carbocycles. The molecule has 1 aliphatic rings. The number of hydrogen-bond donors (Lipinski definition) is 2. The van der Waals surface area contributed by atoms with Crippen LogP contribution in [0.15, 0.2) is 42.9 Å². The van der Waals surface area contributed by atoms with E-state index in [0.717, 1.165) is 22.0 Å². The number of carbonyl (C=O) groups excluding carboxylic acids is 1. The van der Waals surface area contributed by atoms with E-state index in [0.29, 0.717) is 18.5 Å². The predicted octanol–water partition coefficient (Wildman–Crippen LogP) is 4.37. The van der Waals surface area contributed by atoms with Gasteiger partial charge in [-0.25, -0.2) is 0 Å². The Hall–Kier alpha value is -2.94. The first-order chi connectivity index (χ1) is 16.1. The molecule has 0 saturated heterocycles. The van der Waals surface area contributed by atoms with Crippen molar-refractivity contribution >= 4 is 16.8 Å². The Morgan fingerprint density at radius 1 is 1.26 bits per heavy atom. The second kappa shape index (κ2) is 9.37. The van der Waals surface area contributed by atoms with Crippen LogP contribution in [0, 0.1) is 12.3 Å². The first-order valence-electron chi connectivity index (χ1n) is 11.4. The normalized spacial score (nSPS) is 17.0. The molecule has 2 aromatic heterocycles. The molecule has 0 spiro atoms. The molecule has 0 aliphatic heterocycles. The van der Waals surface area contributed by atoms with E-state index in [-0.39, 0.29) is 31.2 Å². The molecule has 1 fully saturated rings. The van der Waals surface area contributed by atoms with Crippen LogP contribution in [0.4, 0.5) is 13.2 Å². The summed E-state index contributed by atoms with van der Waals surface area (Å²) in [4.78, 5) is 18.9. The quantitative estimate of drug-likeness (QED) is 0.484. The SMILES string of the molecule is Cc1cc(C[C@@H](CNC(=O)C[C@H](c2cccnc2)C2(C(F)(F)F)CC2)N(C)C)cc2cn[nH]c12. The molecule has 0 unspecified atom stereocenters. The monoisotopic (exact) mass is 473 g/mol. The number of nitrogens with one attached hydrogen (secondary N) is 2. The van der Waals surface area contributed by atoms with Gasteiger partial charge >= 0.3 is 6.18 Å². The average molecular weight is 474 g/mol. The summed E-state index contributed by atoms with van der Waals surface area (Å²) >= 11 is 0. The average Bonchev–Trinajstić information content (AvgIpc) is 3.46. The van der Waals surface area contributed by atoms with Crippen molar-refractivity contribution < 1.29 is 18.0 Å². The van der Waals surface area contributed by atoms with Gasteiger partial charge < -0.3 is 10.2 Å². The number of likely N-dealkylation sites (N-methyl/N-ethyl adjacent to an activating group) is 1. The number of pyridine rings is 1. The number of benzene rings is 1. The molecule has 2 heterocycles. The minimum absolute atomic E-state index is 0.0120. The Morgan fingerprint density at radius 3 is 2.65 bits per heavy atom. The Kier molecular flexibility index (Phi) is 6.66. The van der Waals surface area contributed by atoms with E-state index in [1.807, 2.05) is 25.9 Å². The van der Waals surface area contributed by atoms with Gasteiger partial charge in [0.1, 0.15) is 0 Å². The van der Waals surface area contributed by atoms with Gasteiger partial charge in [-0.3, -0.25) is 14.9 Å². The summed E-state index contributed by atoms with van der Waals surface area (Å²) < 4.78 is 41.7. The van der Waals surface area contributed by atoms with Gasteiger partial charge in [-0.05, 0) is 69.1 Å². The lowest BCUT2D eigenvalue weighted by atomic mass is 9.80. The van der Waals surface area contributed by atoms with E-state index in [4.69, 9.17) is 0 Å². The summed E-state index contributed by atoms with van der Waals surface area (Å²) in [6, 6.07) is 7.41. The minimum Gasteiger partial charge on any atom is -0.355 e. The van der Waals surface area contributed by atoms with Gasteiger partial charge in [0.2, 0.25) is 5.91 Å². The third-order valence-electron chi connectivity index (χ3n) is 7.04. The number of H-pyrrole nitrogens is 1. The first kappa shape index (κ1) is 24.2. The van der Waals surface area contributed by atoms with E-state index >= 15 is 0 Å². The lowest BCUT2D eigenvalue weighted by molar-refractivity contribution is -0.194. The van der Waals surface area contributed by atoms with Crippen molar-refractivity contribution in [3.05, 3.63) is 59.5 Å². The van der Waals surface area contributed by atoms with Gasteiger partial charge in [0.05, 0.1) is 17.1 Å². The van der Waals surface area contributed by atoms with Crippen LogP contribution in [-0.2, 0) is 11.2 Å². The largest absolute Gasteiger partial charge is 0.395 e. The van der Waals surface area contributed by atoms with Crippen molar-refractivity contribution in [2.24, 2.45) is 5.41 Å². The van der Waals surface area contributed by atoms with Crippen molar-refractivity contribution in [2.75, 3.05) is 20.6 Å². The van der Waals surface area contributed by atoms with E-state index in [2.05, 4.69) is 32.6 Å². The van der Waals surface area contributed by atoms with Crippen LogP contribution in [0.2, 0.25) is 0 Å². The Morgan fingerprint density at radius 2 is 2.03 bits per heavy atom. The third kappa shape index (κ3) is 4.94. The van der Waals surface area contributed by atoms with Crippen molar-refractivity contribution in [3.8, 4) is 0 Å². The highest BCUT2D eigenvalue weighted by Crippen LogP contribution is 2.66. The fourth-order valence-corrected chi connectivity index (χ4v) is 4.81. The molecule has 34 heavy (non-hydrogen) atoms. The van der Waals surface area contributed by atoms with Gasteiger partial charge in [-0.15, -0.1) is 0 Å². The van der Waals surface area contributed by atoms with Crippen LogP contribution in [0.25, 0.3) is 10.9 Å². The van der Waals surface area contributed by atoms with Crippen molar-refractivity contribution in [1.82, 2.24) is 25.4 Å². The van der Waals surface area contributed by atoms with Crippen LogP contribution < -0.4 is 5.32 Å². The maximum atomic E-state index is 13.9. The standard InChI is InChI=1S/C25H30F3N5O/c1-16-9-17(10-19-14-31-32-23(16)19)11-20(33(2)3)15-30-22(34)12-21(18-5-4-8-29-13-18)24(6-7-24)25(26,27)28/h4-5,8-10,13-14,20-21H,6-7,11-12,15H2,1-3H3,(H,30,34)(H,31,32)/t20-,21+/m0/s1. The van der Waals surface area contributed by atoms with Gasteiger partial charge in [-0.1, -0.05) is 12.1 Å².